The Kier molecular flexibility index (Phi) is 6.56. The van der Waals surface area contributed by atoms with Crippen LogP contribution in [0.3, 0.4) is 0 Å². The quantitative estimate of drug-likeness (QED) is 0.790. The van der Waals surface area contributed by atoms with Crippen molar-refractivity contribution in [3.63, 3.8) is 0 Å². The normalized spacial score (nSPS) is 10.3. The number of carbonyl (C=O) groups is 2. The van der Waals surface area contributed by atoms with Crippen LogP contribution in [0.5, 0.6) is 5.75 Å². The van der Waals surface area contributed by atoms with Crippen LogP contribution < -0.4 is 4.74 Å². The molecule has 1 aromatic rings. The fourth-order valence-electron chi connectivity index (χ4n) is 1.74. The van der Waals surface area contributed by atoms with Crippen LogP contribution in [0.2, 0.25) is 0 Å². The molecule has 0 spiro atoms. The summed E-state index contributed by atoms with van der Waals surface area (Å²) in [6, 6.07) is 9.08. The Hall–Kier alpha value is -2.04. The van der Waals surface area contributed by atoms with E-state index in [1.807, 2.05) is 32.0 Å². The summed E-state index contributed by atoms with van der Waals surface area (Å²) >= 11 is 0. The van der Waals surface area contributed by atoms with Gasteiger partial charge in [0.05, 0.1) is 6.42 Å². The minimum atomic E-state index is -0.907. The van der Waals surface area contributed by atoms with E-state index in [0.717, 1.165) is 0 Å². The van der Waals surface area contributed by atoms with Gasteiger partial charge in [-0.05, 0) is 18.1 Å². The first-order valence-electron chi connectivity index (χ1n) is 6.66. The summed E-state index contributed by atoms with van der Waals surface area (Å²) in [6.45, 7) is 4.64. The summed E-state index contributed by atoms with van der Waals surface area (Å²) in [5.74, 6) is -0.188. The molecule has 0 heterocycles. The molecule has 0 fully saturated rings. The van der Waals surface area contributed by atoms with Gasteiger partial charge in [-0.25, -0.2) is 0 Å². The first-order chi connectivity index (χ1) is 9.49. The molecule has 5 heteroatoms. The van der Waals surface area contributed by atoms with E-state index in [9.17, 15) is 9.59 Å². The Bertz CT molecular complexity index is 431. The monoisotopic (exact) mass is 279 g/mol. The molecule has 110 valence electrons. The average Bonchev–Trinajstić information content (AvgIpc) is 2.41. The van der Waals surface area contributed by atoms with E-state index in [0.29, 0.717) is 12.3 Å². The molecule has 1 N–H and O–H groups in total. The molecule has 20 heavy (non-hydrogen) atoms. The van der Waals surface area contributed by atoms with Gasteiger partial charge >= 0.3 is 5.97 Å². The van der Waals surface area contributed by atoms with Gasteiger partial charge < -0.3 is 14.7 Å². The van der Waals surface area contributed by atoms with Crippen LogP contribution in [-0.4, -0.2) is 41.6 Å². The Balaban J connectivity index is 2.51. The molecule has 0 aliphatic carbocycles. The molecule has 0 aliphatic heterocycles. The zero-order valence-electron chi connectivity index (χ0n) is 11.9. The number of aliphatic carboxylic acids is 1. The van der Waals surface area contributed by atoms with Gasteiger partial charge in [-0.15, -0.1) is 0 Å². The van der Waals surface area contributed by atoms with Gasteiger partial charge in [-0.2, -0.15) is 0 Å². The number of hydrogen-bond acceptors (Lipinski definition) is 3. The molecule has 1 amide bonds. The van der Waals surface area contributed by atoms with Crippen molar-refractivity contribution in [3.8, 4) is 5.75 Å². The number of carboxylic acid groups (broad SMARTS) is 1. The number of carboxylic acids is 1. The Morgan fingerprint density at radius 3 is 2.45 bits per heavy atom. The second-order valence-electron chi connectivity index (χ2n) is 4.98. The Labute approximate surface area is 119 Å². The fourth-order valence-corrected chi connectivity index (χ4v) is 1.74. The van der Waals surface area contributed by atoms with Crippen LogP contribution in [0.1, 0.15) is 20.3 Å². The van der Waals surface area contributed by atoms with Crippen molar-refractivity contribution < 1.29 is 19.4 Å². The van der Waals surface area contributed by atoms with Crippen LogP contribution in [0.15, 0.2) is 30.3 Å². The lowest BCUT2D eigenvalue weighted by Gasteiger charge is -2.24. The minimum Gasteiger partial charge on any atom is -0.484 e. The third-order valence-electron chi connectivity index (χ3n) is 2.64. The van der Waals surface area contributed by atoms with Crippen LogP contribution in [0, 0.1) is 5.92 Å². The molecule has 0 atom stereocenters. The van der Waals surface area contributed by atoms with Crippen molar-refractivity contribution in [3.05, 3.63) is 30.3 Å². The first kappa shape index (κ1) is 16.0. The van der Waals surface area contributed by atoms with E-state index in [4.69, 9.17) is 9.84 Å². The summed E-state index contributed by atoms with van der Waals surface area (Å²) in [5, 5.41) is 8.72. The predicted octanol–water partition coefficient (Wildman–Crippen LogP) is 2.02. The van der Waals surface area contributed by atoms with E-state index in [1.165, 1.54) is 0 Å². The lowest BCUT2D eigenvalue weighted by Crippen LogP contribution is -2.38. The van der Waals surface area contributed by atoms with E-state index >= 15 is 0 Å². The zero-order chi connectivity index (χ0) is 15.0. The third kappa shape index (κ3) is 6.22. The molecule has 0 unspecified atom stereocenters. The molecule has 0 radical (unpaired) electrons. The van der Waals surface area contributed by atoms with Crippen molar-refractivity contribution >= 4 is 11.9 Å². The number of carbonyl (C=O) groups excluding carboxylic acids is 1. The average molecular weight is 279 g/mol. The summed E-state index contributed by atoms with van der Waals surface area (Å²) in [6.07, 6.45) is -0.0518. The molecule has 1 rings (SSSR count). The van der Waals surface area contributed by atoms with Crippen LogP contribution in [0.4, 0.5) is 0 Å². The third-order valence-corrected chi connectivity index (χ3v) is 2.64. The van der Waals surface area contributed by atoms with E-state index in [1.54, 1.807) is 17.0 Å². The molecule has 0 saturated heterocycles. The topological polar surface area (TPSA) is 66.8 Å². The SMILES string of the molecule is CC(C)CN(CCC(=O)O)C(=O)COc1ccccc1. The molecular weight excluding hydrogens is 258 g/mol. The molecule has 0 saturated carbocycles. The highest BCUT2D eigenvalue weighted by atomic mass is 16.5. The number of benzene rings is 1. The number of nitrogens with zero attached hydrogens (tertiary/aromatic N) is 1. The summed E-state index contributed by atoms with van der Waals surface area (Å²) < 4.78 is 5.40. The maximum atomic E-state index is 12.1. The number of amides is 1. The second-order valence-corrected chi connectivity index (χ2v) is 4.98. The first-order valence-corrected chi connectivity index (χ1v) is 6.66. The summed E-state index contributed by atoms with van der Waals surface area (Å²) in [7, 11) is 0. The molecule has 0 aliphatic rings. The number of para-hydroxylation sites is 1. The van der Waals surface area contributed by atoms with E-state index in [-0.39, 0.29) is 31.4 Å². The highest BCUT2D eigenvalue weighted by molar-refractivity contribution is 5.78. The minimum absolute atomic E-state index is 0.0518. The molecule has 5 nitrogen and oxygen atoms in total. The van der Waals surface area contributed by atoms with Crippen LogP contribution >= 0.6 is 0 Å². The highest BCUT2D eigenvalue weighted by Crippen LogP contribution is 2.09. The molecule has 0 aromatic heterocycles. The van der Waals surface area contributed by atoms with Gasteiger partial charge in [0.25, 0.3) is 5.91 Å². The van der Waals surface area contributed by atoms with Gasteiger partial charge in [-0.1, -0.05) is 32.0 Å². The maximum Gasteiger partial charge on any atom is 0.305 e. The lowest BCUT2D eigenvalue weighted by molar-refractivity contribution is -0.139. The largest absolute Gasteiger partial charge is 0.484 e. The van der Waals surface area contributed by atoms with E-state index < -0.39 is 5.97 Å². The van der Waals surface area contributed by atoms with Crippen LogP contribution in [-0.2, 0) is 9.59 Å². The van der Waals surface area contributed by atoms with Crippen molar-refractivity contribution in [2.45, 2.75) is 20.3 Å². The van der Waals surface area contributed by atoms with Gasteiger partial charge in [0.1, 0.15) is 5.75 Å². The van der Waals surface area contributed by atoms with Crippen molar-refractivity contribution in [2.24, 2.45) is 5.92 Å². The molecule has 0 bridgehead atoms. The molecule has 1 aromatic carbocycles. The Morgan fingerprint density at radius 1 is 1.25 bits per heavy atom. The lowest BCUT2D eigenvalue weighted by atomic mass is 10.2. The van der Waals surface area contributed by atoms with Gasteiger partial charge in [0.15, 0.2) is 6.61 Å². The standard InChI is InChI=1S/C15H21NO4/c1-12(2)10-16(9-8-15(18)19)14(17)11-20-13-6-4-3-5-7-13/h3-7,12H,8-11H2,1-2H3,(H,18,19). The number of ether oxygens (including phenoxy) is 1. The van der Waals surface area contributed by atoms with Crippen LogP contribution in [0.25, 0.3) is 0 Å². The van der Waals surface area contributed by atoms with Crippen molar-refractivity contribution in [1.82, 2.24) is 4.90 Å². The Morgan fingerprint density at radius 2 is 1.90 bits per heavy atom. The van der Waals surface area contributed by atoms with Crippen molar-refractivity contribution in [1.29, 1.82) is 0 Å². The van der Waals surface area contributed by atoms with Gasteiger partial charge in [0.2, 0.25) is 0 Å². The smallest absolute Gasteiger partial charge is 0.305 e. The number of hydrogen-bond donors (Lipinski definition) is 1. The van der Waals surface area contributed by atoms with Gasteiger partial charge in [-0.3, -0.25) is 9.59 Å². The summed E-state index contributed by atoms with van der Waals surface area (Å²) in [5.41, 5.74) is 0. The maximum absolute atomic E-state index is 12.1. The highest BCUT2D eigenvalue weighted by Gasteiger charge is 2.16. The second kappa shape index (κ2) is 8.19. The van der Waals surface area contributed by atoms with Crippen molar-refractivity contribution in [2.75, 3.05) is 19.7 Å². The summed E-state index contributed by atoms with van der Waals surface area (Å²) in [4.78, 5) is 24.2. The zero-order valence-corrected chi connectivity index (χ0v) is 11.9. The fraction of sp³-hybridized carbons (Fsp3) is 0.467. The van der Waals surface area contributed by atoms with Gasteiger partial charge in [0, 0.05) is 13.1 Å². The molecular formula is C15H21NO4. The predicted molar refractivity (Wildman–Crippen MR) is 75.6 cm³/mol. The van der Waals surface area contributed by atoms with E-state index in [2.05, 4.69) is 0 Å². The number of rotatable bonds is 8.